The van der Waals surface area contributed by atoms with E-state index in [1.54, 1.807) is 13.1 Å². The Bertz CT molecular complexity index is 685. The highest BCUT2D eigenvalue weighted by atomic mass is 19.3. The predicted molar refractivity (Wildman–Crippen MR) is 97.9 cm³/mol. The molecule has 8 nitrogen and oxygen atoms in total. The van der Waals surface area contributed by atoms with Crippen LogP contribution in [0.3, 0.4) is 0 Å². The van der Waals surface area contributed by atoms with Crippen molar-refractivity contribution in [2.75, 3.05) is 27.5 Å². The molecule has 0 saturated carbocycles. The van der Waals surface area contributed by atoms with Gasteiger partial charge in [-0.3, -0.25) is 9.79 Å². The van der Waals surface area contributed by atoms with E-state index in [4.69, 9.17) is 9.47 Å². The Morgan fingerprint density at radius 3 is 2.64 bits per heavy atom. The molecule has 1 heterocycles. The van der Waals surface area contributed by atoms with E-state index in [0.29, 0.717) is 36.0 Å². The van der Waals surface area contributed by atoms with E-state index in [1.807, 2.05) is 0 Å². The first kappa shape index (κ1) is 21.5. The van der Waals surface area contributed by atoms with Gasteiger partial charge in [0.15, 0.2) is 17.5 Å². The topological polar surface area (TPSA) is 90.4 Å². The third-order valence-corrected chi connectivity index (χ3v) is 4.02. The molecule has 28 heavy (non-hydrogen) atoms. The predicted octanol–water partition coefficient (Wildman–Crippen LogP) is 2.42. The van der Waals surface area contributed by atoms with Crippen LogP contribution in [0.25, 0.3) is 0 Å². The van der Waals surface area contributed by atoms with Crippen LogP contribution >= 0.6 is 0 Å². The normalized spacial score (nSPS) is 12.8. The van der Waals surface area contributed by atoms with Crippen LogP contribution in [-0.2, 0) is 16.1 Å². The molecule has 0 amide bonds. The zero-order valence-electron chi connectivity index (χ0n) is 15.9. The number of ether oxygens (including phenoxy) is 4. The number of nitrogens with one attached hydrogen (secondary N) is 2. The van der Waals surface area contributed by atoms with Crippen molar-refractivity contribution in [3.63, 3.8) is 0 Å². The maximum atomic E-state index is 12.7. The zero-order chi connectivity index (χ0) is 20.4. The molecule has 0 saturated heterocycles. The Morgan fingerprint density at radius 2 is 1.96 bits per heavy atom. The SMILES string of the molecule is CN=C(NCCCCCC(=O)OC)NCc1cc2c(cc1OC(F)F)OCO2. The summed E-state index contributed by atoms with van der Waals surface area (Å²) in [7, 11) is 2.99. The van der Waals surface area contributed by atoms with Gasteiger partial charge in [-0.25, -0.2) is 0 Å². The second-order valence-electron chi connectivity index (χ2n) is 5.93. The van der Waals surface area contributed by atoms with Crippen LogP contribution in [0.15, 0.2) is 17.1 Å². The van der Waals surface area contributed by atoms with Crippen molar-refractivity contribution in [3.05, 3.63) is 17.7 Å². The molecule has 0 radical (unpaired) electrons. The summed E-state index contributed by atoms with van der Waals surface area (Å²) in [6.07, 6.45) is 2.88. The highest BCUT2D eigenvalue weighted by Gasteiger charge is 2.20. The molecule has 0 unspecified atom stereocenters. The van der Waals surface area contributed by atoms with Crippen LogP contribution in [0.5, 0.6) is 17.2 Å². The van der Waals surface area contributed by atoms with E-state index < -0.39 is 6.61 Å². The van der Waals surface area contributed by atoms with Gasteiger partial charge in [-0.2, -0.15) is 8.78 Å². The molecule has 156 valence electrons. The minimum Gasteiger partial charge on any atom is -0.469 e. The van der Waals surface area contributed by atoms with Crippen molar-refractivity contribution in [2.24, 2.45) is 4.99 Å². The molecule has 1 aromatic carbocycles. The summed E-state index contributed by atoms with van der Waals surface area (Å²) in [5, 5.41) is 6.18. The van der Waals surface area contributed by atoms with E-state index in [0.717, 1.165) is 19.3 Å². The third-order valence-electron chi connectivity index (χ3n) is 4.02. The molecular weight excluding hydrogens is 376 g/mol. The number of methoxy groups -OCH3 is 1. The number of aliphatic imine (C=N–C) groups is 1. The van der Waals surface area contributed by atoms with Gasteiger partial charge < -0.3 is 29.6 Å². The largest absolute Gasteiger partial charge is 0.469 e. The lowest BCUT2D eigenvalue weighted by Crippen LogP contribution is -2.37. The molecule has 0 aliphatic carbocycles. The number of fused-ring (bicyclic) bond motifs is 1. The second kappa shape index (κ2) is 11.2. The summed E-state index contributed by atoms with van der Waals surface area (Å²) < 4.78 is 45.0. The maximum absolute atomic E-state index is 12.7. The minimum absolute atomic E-state index is 0.0185. The van der Waals surface area contributed by atoms with Crippen molar-refractivity contribution >= 4 is 11.9 Å². The van der Waals surface area contributed by atoms with Crippen LogP contribution in [-0.4, -0.2) is 46.0 Å². The van der Waals surface area contributed by atoms with Crippen LogP contribution in [0.4, 0.5) is 8.78 Å². The lowest BCUT2D eigenvalue weighted by atomic mass is 10.1. The number of esters is 1. The van der Waals surface area contributed by atoms with Gasteiger partial charge in [0.25, 0.3) is 0 Å². The van der Waals surface area contributed by atoms with Gasteiger partial charge in [-0.05, 0) is 18.9 Å². The fourth-order valence-electron chi connectivity index (χ4n) is 2.59. The lowest BCUT2D eigenvalue weighted by molar-refractivity contribution is -0.140. The average Bonchev–Trinajstić information content (AvgIpc) is 3.13. The second-order valence-corrected chi connectivity index (χ2v) is 5.93. The maximum Gasteiger partial charge on any atom is 0.387 e. The van der Waals surface area contributed by atoms with E-state index in [2.05, 4.69) is 25.1 Å². The molecule has 0 bridgehead atoms. The molecule has 1 aromatic rings. The molecular formula is C18H25F2N3O5. The Morgan fingerprint density at radius 1 is 1.21 bits per heavy atom. The molecule has 10 heteroatoms. The summed E-state index contributed by atoms with van der Waals surface area (Å²) in [6, 6.07) is 3.00. The van der Waals surface area contributed by atoms with E-state index in [1.165, 1.54) is 13.2 Å². The zero-order valence-corrected chi connectivity index (χ0v) is 15.9. The number of hydrogen-bond donors (Lipinski definition) is 2. The Kier molecular flexibility index (Phi) is 8.57. The molecule has 1 aliphatic heterocycles. The number of guanidine groups is 1. The number of rotatable bonds is 10. The van der Waals surface area contributed by atoms with Gasteiger partial charge in [0.05, 0.1) is 7.11 Å². The summed E-state index contributed by atoms with van der Waals surface area (Å²) in [4.78, 5) is 15.1. The van der Waals surface area contributed by atoms with Crippen molar-refractivity contribution < 1.29 is 32.5 Å². The summed E-state index contributed by atoms with van der Waals surface area (Å²) in [6.45, 7) is -2.04. The summed E-state index contributed by atoms with van der Waals surface area (Å²) in [5.74, 6) is 1.18. The van der Waals surface area contributed by atoms with E-state index in [9.17, 15) is 13.6 Å². The molecule has 1 aliphatic rings. The first-order valence-corrected chi connectivity index (χ1v) is 8.92. The molecule has 0 atom stereocenters. The van der Waals surface area contributed by atoms with Gasteiger partial charge in [0, 0.05) is 38.2 Å². The Balaban J connectivity index is 1.81. The van der Waals surface area contributed by atoms with Crippen LogP contribution in [0.2, 0.25) is 0 Å². The average molecular weight is 401 g/mol. The fourth-order valence-corrected chi connectivity index (χ4v) is 2.59. The smallest absolute Gasteiger partial charge is 0.387 e. The van der Waals surface area contributed by atoms with E-state index >= 15 is 0 Å². The van der Waals surface area contributed by atoms with Crippen LogP contribution in [0.1, 0.15) is 31.2 Å². The number of carbonyl (C=O) groups is 1. The Hall–Kier alpha value is -2.78. The number of halogens is 2. The van der Waals surface area contributed by atoms with Crippen LogP contribution in [0, 0.1) is 0 Å². The quantitative estimate of drug-likeness (QED) is 0.269. The molecule has 0 spiro atoms. The first-order chi connectivity index (χ1) is 13.5. The molecule has 2 rings (SSSR count). The standard InChI is InChI=1S/C18H25F2N3O5/c1-21-18(22-7-5-3-4-6-16(24)25-2)23-10-12-8-14-15(27-11-26-14)9-13(12)28-17(19)20/h8-9,17H,3-7,10-11H2,1-2H3,(H2,21,22,23). The molecule has 2 N–H and O–H groups in total. The van der Waals surface area contributed by atoms with E-state index in [-0.39, 0.29) is 25.1 Å². The van der Waals surface area contributed by atoms with Gasteiger partial charge in [-0.15, -0.1) is 0 Å². The highest BCUT2D eigenvalue weighted by Crippen LogP contribution is 2.38. The van der Waals surface area contributed by atoms with Gasteiger partial charge in [0.2, 0.25) is 6.79 Å². The van der Waals surface area contributed by atoms with Gasteiger partial charge in [0.1, 0.15) is 5.75 Å². The van der Waals surface area contributed by atoms with Crippen molar-refractivity contribution in [2.45, 2.75) is 38.8 Å². The monoisotopic (exact) mass is 401 g/mol. The van der Waals surface area contributed by atoms with Gasteiger partial charge in [-0.1, -0.05) is 6.42 Å². The molecule has 0 fully saturated rings. The Labute approximate surface area is 162 Å². The van der Waals surface area contributed by atoms with Crippen molar-refractivity contribution in [3.8, 4) is 17.2 Å². The first-order valence-electron chi connectivity index (χ1n) is 8.92. The summed E-state index contributed by atoms with van der Waals surface area (Å²) in [5.41, 5.74) is 0.491. The number of benzene rings is 1. The van der Waals surface area contributed by atoms with Crippen molar-refractivity contribution in [1.29, 1.82) is 0 Å². The number of unbranched alkanes of at least 4 members (excludes halogenated alkanes) is 2. The van der Waals surface area contributed by atoms with Gasteiger partial charge >= 0.3 is 12.6 Å². The van der Waals surface area contributed by atoms with Crippen LogP contribution < -0.4 is 24.8 Å². The fraction of sp³-hybridized carbons (Fsp3) is 0.556. The number of carbonyl (C=O) groups excluding carboxylic acids is 1. The lowest BCUT2D eigenvalue weighted by Gasteiger charge is -2.15. The summed E-state index contributed by atoms with van der Waals surface area (Å²) >= 11 is 0. The highest BCUT2D eigenvalue weighted by molar-refractivity contribution is 5.79. The number of nitrogens with zero attached hydrogens (tertiary/aromatic N) is 1. The third kappa shape index (κ3) is 6.75. The number of alkyl halides is 2. The number of hydrogen-bond acceptors (Lipinski definition) is 6. The molecule has 0 aromatic heterocycles. The van der Waals surface area contributed by atoms with Crippen molar-refractivity contribution in [1.82, 2.24) is 10.6 Å². The minimum atomic E-state index is -2.94.